The number of hydrogen-bond acceptors (Lipinski definition) is 5. The van der Waals surface area contributed by atoms with E-state index >= 15 is 0 Å². The van der Waals surface area contributed by atoms with Gasteiger partial charge in [0.05, 0.1) is 23.7 Å². The number of piperidine rings is 1. The Labute approximate surface area is 172 Å². The van der Waals surface area contributed by atoms with Gasteiger partial charge < -0.3 is 9.73 Å². The van der Waals surface area contributed by atoms with Crippen LogP contribution in [0.1, 0.15) is 37.1 Å². The second-order valence-corrected chi connectivity index (χ2v) is 9.48. The Balaban J connectivity index is 1.47. The summed E-state index contributed by atoms with van der Waals surface area (Å²) in [6, 6.07) is 10.3. The molecule has 2 N–H and O–H groups in total. The van der Waals surface area contributed by atoms with Crippen molar-refractivity contribution in [3.8, 4) is 0 Å². The van der Waals surface area contributed by atoms with Gasteiger partial charge in [-0.3, -0.25) is 9.69 Å². The van der Waals surface area contributed by atoms with E-state index in [0.29, 0.717) is 19.6 Å². The predicted octanol–water partition coefficient (Wildman–Crippen LogP) is 2.46. The first-order valence-corrected chi connectivity index (χ1v) is 11.4. The lowest BCUT2D eigenvalue weighted by atomic mass is 9.98. The van der Waals surface area contributed by atoms with Crippen LogP contribution in [0.5, 0.6) is 0 Å². The van der Waals surface area contributed by atoms with Gasteiger partial charge in [0.25, 0.3) is 0 Å². The zero-order chi connectivity index (χ0) is 20.9. The van der Waals surface area contributed by atoms with E-state index in [0.717, 1.165) is 30.7 Å². The van der Waals surface area contributed by atoms with Gasteiger partial charge in [-0.05, 0) is 63.4 Å². The molecule has 7 nitrogen and oxygen atoms in total. The van der Waals surface area contributed by atoms with E-state index in [-0.39, 0.29) is 22.8 Å². The normalized spacial score (nSPS) is 19.0. The molecule has 2 heterocycles. The van der Waals surface area contributed by atoms with Crippen LogP contribution in [-0.4, -0.2) is 45.4 Å². The Morgan fingerprint density at radius 3 is 2.72 bits per heavy atom. The van der Waals surface area contributed by atoms with Gasteiger partial charge in [0, 0.05) is 13.1 Å². The van der Waals surface area contributed by atoms with Crippen LogP contribution >= 0.6 is 0 Å². The Hall–Kier alpha value is -2.16. The fourth-order valence-electron chi connectivity index (χ4n) is 3.59. The summed E-state index contributed by atoms with van der Waals surface area (Å²) in [5.74, 6) is 0.842. The molecule has 2 aromatic rings. The highest BCUT2D eigenvalue weighted by molar-refractivity contribution is 7.89. The standard InChI is InChI=1S/C21H29N3O4S/c1-16-7-9-19(10-8-16)29(26,27)22-13-18-5-3-11-24(14-18)15-21(25)23-17(2)20-6-4-12-28-20/h4,6-10,12,17-18,22H,3,5,11,13-15H2,1-2H3,(H,23,25). The monoisotopic (exact) mass is 419 g/mol. The van der Waals surface area contributed by atoms with Gasteiger partial charge in [0.2, 0.25) is 15.9 Å². The molecule has 1 amide bonds. The second kappa shape index (κ2) is 9.56. The summed E-state index contributed by atoms with van der Waals surface area (Å²) in [6.45, 7) is 6.01. The number of aryl methyl sites for hydroxylation is 1. The third-order valence-corrected chi connectivity index (χ3v) is 6.65. The van der Waals surface area contributed by atoms with Gasteiger partial charge in [-0.2, -0.15) is 0 Å². The number of carbonyl (C=O) groups excluding carboxylic acids is 1. The van der Waals surface area contributed by atoms with Crippen LogP contribution in [0.25, 0.3) is 0 Å². The molecule has 0 radical (unpaired) electrons. The minimum atomic E-state index is -3.52. The molecule has 1 aliphatic rings. The fourth-order valence-corrected chi connectivity index (χ4v) is 4.70. The quantitative estimate of drug-likeness (QED) is 0.686. The van der Waals surface area contributed by atoms with E-state index in [1.165, 1.54) is 0 Å². The minimum Gasteiger partial charge on any atom is -0.467 e. The Morgan fingerprint density at radius 1 is 1.28 bits per heavy atom. The van der Waals surface area contributed by atoms with E-state index in [1.807, 2.05) is 19.9 Å². The highest BCUT2D eigenvalue weighted by Crippen LogP contribution is 2.18. The Bertz CT molecular complexity index is 895. The summed E-state index contributed by atoms with van der Waals surface area (Å²) >= 11 is 0. The topological polar surface area (TPSA) is 91.7 Å². The zero-order valence-electron chi connectivity index (χ0n) is 16.9. The third kappa shape index (κ3) is 6.16. The number of likely N-dealkylation sites (tertiary alicyclic amines) is 1. The van der Waals surface area contributed by atoms with E-state index < -0.39 is 10.0 Å². The van der Waals surface area contributed by atoms with Crippen molar-refractivity contribution in [3.05, 3.63) is 54.0 Å². The van der Waals surface area contributed by atoms with Gasteiger partial charge in [0.1, 0.15) is 5.76 Å². The summed E-state index contributed by atoms with van der Waals surface area (Å²) in [7, 11) is -3.52. The molecule has 2 atom stereocenters. The van der Waals surface area contributed by atoms with Crippen molar-refractivity contribution in [1.29, 1.82) is 0 Å². The van der Waals surface area contributed by atoms with Crippen molar-refractivity contribution >= 4 is 15.9 Å². The lowest BCUT2D eigenvalue weighted by Crippen LogP contribution is -2.45. The molecular formula is C21H29N3O4S. The molecule has 1 saturated heterocycles. The Kier molecular flexibility index (Phi) is 7.10. The summed E-state index contributed by atoms with van der Waals surface area (Å²) in [5, 5.41) is 2.94. The van der Waals surface area contributed by atoms with Crippen LogP contribution in [0.2, 0.25) is 0 Å². The highest BCUT2D eigenvalue weighted by atomic mass is 32.2. The SMILES string of the molecule is Cc1ccc(S(=O)(=O)NCC2CCCN(CC(=O)NC(C)c3ccco3)C2)cc1. The average Bonchev–Trinajstić information content (AvgIpc) is 3.22. The van der Waals surface area contributed by atoms with E-state index in [4.69, 9.17) is 4.42 Å². The number of rotatable bonds is 8. The lowest BCUT2D eigenvalue weighted by Gasteiger charge is -2.32. The number of amides is 1. The van der Waals surface area contributed by atoms with Crippen LogP contribution in [0.3, 0.4) is 0 Å². The first-order valence-electron chi connectivity index (χ1n) is 9.95. The summed E-state index contributed by atoms with van der Waals surface area (Å²) in [6.07, 6.45) is 3.47. The molecule has 1 aromatic carbocycles. The largest absolute Gasteiger partial charge is 0.467 e. The molecule has 158 valence electrons. The predicted molar refractivity (Wildman–Crippen MR) is 111 cm³/mol. The number of carbonyl (C=O) groups is 1. The Morgan fingerprint density at radius 2 is 2.03 bits per heavy atom. The van der Waals surface area contributed by atoms with Crippen LogP contribution in [0.4, 0.5) is 0 Å². The molecule has 8 heteroatoms. The maximum atomic E-state index is 12.5. The maximum absolute atomic E-state index is 12.5. The third-order valence-electron chi connectivity index (χ3n) is 5.21. The molecule has 1 aromatic heterocycles. The molecule has 1 fully saturated rings. The number of furan rings is 1. The number of nitrogens with zero attached hydrogens (tertiary/aromatic N) is 1. The van der Waals surface area contributed by atoms with Gasteiger partial charge in [-0.25, -0.2) is 13.1 Å². The molecule has 0 saturated carbocycles. The van der Waals surface area contributed by atoms with Crippen molar-refractivity contribution < 1.29 is 17.6 Å². The van der Waals surface area contributed by atoms with Crippen LogP contribution in [0.15, 0.2) is 52.0 Å². The van der Waals surface area contributed by atoms with Crippen molar-refractivity contribution in [1.82, 2.24) is 14.9 Å². The molecule has 3 rings (SSSR count). The number of sulfonamides is 1. The second-order valence-electron chi connectivity index (χ2n) is 7.71. The minimum absolute atomic E-state index is 0.0604. The van der Waals surface area contributed by atoms with E-state index in [9.17, 15) is 13.2 Å². The molecule has 1 aliphatic heterocycles. The lowest BCUT2D eigenvalue weighted by molar-refractivity contribution is -0.123. The smallest absolute Gasteiger partial charge is 0.240 e. The van der Waals surface area contributed by atoms with Crippen molar-refractivity contribution in [3.63, 3.8) is 0 Å². The molecular weight excluding hydrogens is 390 g/mol. The summed E-state index contributed by atoms with van der Waals surface area (Å²) in [5.41, 5.74) is 1.02. The van der Waals surface area contributed by atoms with Crippen molar-refractivity contribution in [2.45, 2.75) is 37.6 Å². The highest BCUT2D eigenvalue weighted by Gasteiger charge is 2.24. The maximum Gasteiger partial charge on any atom is 0.240 e. The van der Waals surface area contributed by atoms with Crippen LogP contribution in [0, 0.1) is 12.8 Å². The van der Waals surface area contributed by atoms with Crippen molar-refractivity contribution in [2.24, 2.45) is 5.92 Å². The number of nitrogens with one attached hydrogen (secondary N) is 2. The van der Waals surface area contributed by atoms with Crippen LogP contribution < -0.4 is 10.0 Å². The first kappa shape index (κ1) is 21.5. The van der Waals surface area contributed by atoms with E-state index in [2.05, 4.69) is 14.9 Å². The summed E-state index contributed by atoms with van der Waals surface area (Å²) < 4.78 is 33.0. The van der Waals surface area contributed by atoms with Gasteiger partial charge in [-0.15, -0.1) is 0 Å². The van der Waals surface area contributed by atoms with Gasteiger partial charge in [0.15, 0.2) is 0 Å². The molecule has 0 aliphatic carbocycles. The summed E-state index contributed by atoms with van der Waals surface area (Å²) in [4.78, 5) is 14.7. The number of benzene rings is 1. The molecule has 0 bridgehead atoms. The van der Waals surface area contributed by atoms with E-state index in [1.54, 1.807) is 36.6 Å². The fraction of sp³-hybridized carbons (Fsp3) is 0.476. The zero-order valence-corrected chi connectivity index (χ0v) is 17.7. The molecule has 29 heavy (non-hydrogen) atoms. The average molecular weight is 420 g/mol. The van der Waals surface area contributed by atoms with Crippen LogP contribution in [-0.2, 0) is 14.8 Å². The first-order chi connectivity index (χ1) is 13.8. The molecule has 2 unspecified atom stereocenters. The van der Waals surface area contributed by atoms with Gasteiger partial charge >= 0.3 is 0 Å². The van der Waals surface area contributed by atoms with Crippen molar-refractivity contribution in [2.75, 3.05) is 26.2 Å². The molecule has 0 spiro atoms. The number of hydrogen-bond donors (Lipinski definition) is 2. The van der Waals surface area contributed by atoms with Gasteiger partial charge in [-0.1, -0.05) is 17.7 Å².